The highest BCUT2D eigenvalue weighted by atomic mass is 35.5. The summed E-state index contributed by atoms with van der Waals surface area (Å²) in [6, 6.07) is 3.78. The van der Waals surface area contributed by atoms with Crippen molar-refractivity contribution in [3.63, 3.8) is 0 Å². The number of halogens is 2. The Labute approximate surface area is 117 Å². The van der Waals surface area contributed by atoms with E-state index in [9.17, 15) is 0 Å². The summed E-state index contributed by atoms with van der Waals surface area (Å²) in [7, 11) is 1.92. The predicted molar refractivity (Wildman–Crippen MR) is 80.1 cm³/mol. The van der Waals surface area contributed by atoms with Crippen LogP contribution in [0.2, 0.25) is 10.0 Å². The van der Waals surface area contributed by atoms with Crippen LogP contribution in [0.15, 0.2) is 12.1 Å². The standard InChI is InChI=1S/C14H16Cl2N2/c1-7(2)11-8(3)18-14-9(13(11)17-4)5-6-10(15)12(14)16/h5-7H,1-4H3,(H,17,18). The maximum atomic E-state index is 6.24. The lowest BCUT2D eigenvalue weighted by atomic mass is 9.97. The van der Waals surface area contributed by atoms with Crippen LogP contribution in [0.3, 0.4) is 0 Å². The zero-order valence-corrected chi connectivity index (χ0v) is 12.4. The van der Waals surface area contributed by atoms with Crippen molar-refractivity contribution < 1.29 is 0 Å². The molecule has 1 aromatic heterocycles. The first-order chi connectivity index (χ1) is 8.47. The van der Waals surface area contributed by atoms with Gasteiger partial charge in [-0.15, -0.1) is 0 Å². The van der Waals surface area contributed by atoms with Crippen molar-refractivity contribution >= 4 is 39.8 Å². The molecule has 0 unspecified atom stereocenters. The molecule has 0 radical (unpaired) electrons. The third kappa shape index (κ3) is 2.04. The SMILES string of the molecule is CNc1c(C(C)C)c(C)nc2c(Cl)c(Cl)ccc12. The Morgan fingerprint density at radius 3 is 2.44 bits per heavy atom. The van der Waals surface area contributed by atoms with Gasteiger partial charge in [0, 0.05) is 23.8 Å². The fourth-order valence-electron chi connectivity index (χ4n) is 2.38. The minimum atomic E-state index is 0.402. The molecule has 0 saturated heterocycles. The van der Waals surface area contributed by atoms with E-state index in [1.54, 1.807) is 0 Å². The van der Waals surface area contributed by atoms with Crippen molar-refractivity contribution in [3.05, 3.63) is 33.4 Å². The molecule has 18 heavy (non-hydrogen) atoms. The molecule has 0 fully saturated rings. The lowest BCUT2D eigenvalue weighted by molar-refractivity contribution is 0.849. The number of aromatic nitrogens is 1. The van der Waals surface area contributed by atoms with Gasteiger partial charge in [-0.2, -0.15) is 0 Å². The second kappa shape index (κ2) is 4.94. The third-order valence-electron chi connectivity index (χ3n) is 3.10. The van der Waals surface area contributed by atoms with Crippen molar-refractivity contribution in [1.29, 1.82) is 0 Å². The summed E-state index contributed by atoms with van der Waals surface area (Å²) >= 11 is 12.3. The molecule has 0 atom stereocenters. The zero-order chi connectivity index (χ0) is 13.4. The van der Waals surface area contributed by atoms with Crippen LogP contribution >= 0.6 is 23.2 Å². The molecule has 4 heteroatoms. The predicted octanol–water partition coefficient (Wildman–Crippen LogP) is 5.02. The third-order valence-corrected chi connectivity index (χ3v) is 3.90. The van der Waals surface area contributed by atoms with Crippen molar-refractivity contribution in [2.75, 3.05) is 12.4 Å². The smallest absolute Gasteiger partial charge is 0.0927 e. The molecule has 1 heterocycles. The van der Waals surface area contributed by atoms with Gasteiger partial charge in [0.1, 0.15) is 0 Å². The molecular weight excluding hydrogens is 267 g/mol. The van der Waals surface area contributed by atoms with E-state index in [1.165, 1.54) is 5.56 Å². The van der Waals surface area contributed by atoms with Gasteiger partial charge in [-0.1, -0.05) is 37.0 Å². The van der Waals surface area contributed by atoms with E-state index in [4.69, 9.17) is 23.2 Å². The number of fused-ring (bicyclic) bond motifs is 1. The average Bonchev–Trinajstić information content (AvgIpc) is 2.32. The van der Waals surface area contributed by atoms with E-state index in [0.29, 0.717) is 16.0 Å². The van der Waals surface area contributed by atoms with Gasteiger partial charge in [-0.25, -0.2) is 0 Å². The van der Waals surface area contributed by atoms with Crippen LogP contribution in [0.25, 0.3) is 10.9 Å². The molecule has 0 aliphatic heterocycles. The van der Waals surface area contributed by atoms with Crippen molar-refractivity contribution in [1.82, 2.24) is 4.98 Å². The average molecular weight is 283 g/mol. The fourth-order valence-corrected chi connectivity index (χ4v) is 2.74. The van der Waals surface area contributed by atoms with E-state index in [2.05, 4.69) is 24.1 Å². The van der Waals surface area contributed by atoms with Gasteiger partial charge in [0.05, 0.1) is 15.6 Å². The van der Waals surface area contributed by atoms with Crippen molar-refractivity contribution in [3.8, 4) is 0 Å². The maximum absolute atomic E-state index is 6.24. The van der Waals surface area contributed by atoms with Crippen molar-refractivity contribution in [2.45, 2.75) is 26.7 Å². The summed E-state index contributed by atoms with van der Waals surface area (Å²) in [4.78, 5) is 4.61. The molecule has 96 valence electrons. The van der Waals surface area contributed by atoms with E-state index in [-0.39, 0.29) is 0 Å². The number of nitrogens with zero attached hydrogens (tertiary/aromatic N) is 1. The van der Waals surface area contributed by atoms with E-state index in [1.807, 2.05) is 26.1 Å². The Bertz CT molecular complexity index is 607. The summed E-state index contributed by atoms with van der Waals surface area (Å²) in [5.41, 5.74) is 4.07. The number of nitrogens with one attached hydrogen (secondary N) is 1. The molecule has 0 amide bonds. The highest BCUT2D eigenvalue weighted by Gasteiger charge is 2.16. The fraction of sp³-hybridized carbons (Fsp3) is 0.357. The largest absolute Gasteiger partial charge is 0.387 e. The van der Waals surface area contributed by atoms with Crippen LogP contribution in [-0.4, -0.2) is 12.0 Å². The van der Waals surface area contributed by atoms with Gasteiger partial charge in [0.2, 0.25) is 0 Å². The molecule has 2 rings (SSSR count). The molecule has 2 aromatic rings. The van der Waals surface area contributed by atoms with Crippen molar-refractivity contribution in [2.24, 2.45) is 0 Å². The molecule has 0 saturated carbocycles. The van der Waals surface area contributed by atoms with E-state index in [0.717, 1.165) is 22.3 Å². The maximum Gasteiger partial charge on any atom is 0.0927 e. The highest BCUT2D eigenvalue weighted by molar-refractivity contribution is 6.45. The van der Waals surface area contributed by atoms with Crippen LogP contribution in [-0.2, 0) is 0 Å². The quantitative estimate of drug-likeness (QED) is 0.837. The monoisotopic (exact) mass is 282 g/mol. The lowest BCUT2D eigenvalue weighted by Crippen LogP contribution is -2.04. The van der Waals surface area contributed by atoms with E-state index < -0.39 is 0 Å². The molecule has 0 bridgehead atoms. The minimum Gasteiger partial charge on any atom is -0.387 e. The number of pyridine rings is 1. The Balaban J connectivity index is 2.93. The van der Waals surface area contributed by atoms with Gasteiger partial charge < -0.3 is 5.32 Å². The summed E-state index contributed by atoms with van der Waals surface area (Å²) in [5, 5.41) is 5.34. The first-order valence-corrected chi connectivity index (χ1v) is 6.69. The topological polar surface area (TPSA) is 24.9 Å². The van der Waals surface area contributed by atoms with Gasteiger partial charge in [0.15, 0.2) is 0 Å². The number of anilines is 1. The Hall–Kier alpha value is -0.990. The van der Waals surface area contributed by atoms with E-state index >= 15 is 0 Å². The van der Waals surface area contributed by atoms with Gasteiger partial charge in [-0.3, -0.25) is 4.98 Å². The Morgan fingerprint density at radius 2 is 1.89 bits per heavy atom. The Morgan fingerprint density at radius 1 is 1.22 bits per heavy atom. The summed E-state index contributed by atoms with van der Waals surface area (Å²) < 4.78 is 0. The Kier molecular flexibility index (Phi) is 3.69. The second-order valence-electron chi connectivity index (χ2n) is 4.65. The molecule has 0 aliphatic rings. The van der Waals surface area contributed by atoms with Crippen LogP contribution in [0.4, 0.5) is 5.69 Å². The number of aryl methyl sites for hydroxylation is 1. The first kappa shape index (κ1) is 13.4. The molecule has 0 aliphatic carbocycles. The number of hydrogen-bond donors (Lipinski definition) is 1. The van der Waals surface area contributed by atoms with Gasteiger partial charge >= 0.3 is 0 Å². The summed E-state index contributed by atoms with van der Waals surface area (Å²) in [5.74, 6) is 0.402. The number of benzene rings is 1. The number of rotatable bonds is 2. The van der Waals surface area contributed by atoms with Crippen LogP contribution < -0.4 is 5.32 Å². The van der Waals surface area contributed by atoms with Crippen LogP contribution in [0, 0.1) is 6.92 Å². The lowest BCUT2D eigenvalue weighted by Gasteiger charge is -2.18. The summed E-state index contributed by atoms with van der Waals surface area (Å²) in [6.45, 7) is 6.33. The molecular formula is C14H16Cl2N2. The zero-order valence-electron chi connectivity index (χ0n) is 10.9. The molecule has 1 N–H and O–H groups in total. The normalized spacial score (nSPS) is 11.3. The molecule has 1 aromatic carbocycles. The van der Waals surface area contributed by atoms with Gasteiger partial charge in [0.25, 0.3) is 0 Å². The summed E-state index contributed by atoms with van der Waals surface area (Å²) in [6.07, 6.45) is 0. The highest BCUT2D eigenvalue weighted by Crippen LogP contribution is 2.38. The van der Waals surface area contributed by atoms with Crippen LogP contribution in [0.1, 0.15) is 31.0 Å². The number of hydrogen-bond acceptors (Lipinski definition) is 2. The second-order valence-corrected chi connectivity index (χ2v) is 5.43. The molecule has 0 spiro atoms. The van der Waals surface area contributed by atoms with Crippen LogP contribution in [0.5, 0.6) is 0 Å². The minimum absolute atomic E-state index is 0.402. The van der Waals surface area contributed by atoms with Gasteiger partial charge in [-0.05, 0) is 30.5 Å². The first-order valence-electron chi connectivity index (χ1n) is 5.93. The molecule has 2 nitrogen and oxygen atoms in total.